The number of rotatable bonds is 1. The van der Waals surface area contributed by atoms with Gasteiger partial charge in [0.05, 0.1) is 17.2 Å². The van der Waals surface area contributed by atoms with Crippen LogP contribution in [0.3, 0.4) is 0 Å². The highest BCUT2D eigenvalue weighted by Crippen LogP contribution is 2.12. The van der Waals surface area contributed by atoms with Crippen LogP contribution in [0.5, 0.6) is 0 Å². The van der Waals surface area contributed by atoms with Gasteiger partial charge in [-0.1, -0.05) is 6.07 Å². The van der Waals surface area contributed by atoms with Crippen LogP contribution in [0.1, 0.15) is 11.7 Å². The Morgan fingerprint density at radius 3 is 2.85 bits per heavy atom. The summed E-state index contributed by atoms with van der Waals surface area (Å²) in [6.45, 7) is 1.62. The number of alkyl halides is 1. The van der Waals surface area contributed by atoms with Gasteiger partial charge in [-0.2, -0.15) is 0 Å². The van der Waals surface area contributed by atoms with Gasteiger partial charge >= 0.3 is 0 Å². The maximum absolute atomic E-state index is 5.88. The summed E-state index contributed by atoms with van der Waals surface area (Å²) in [5.41, 5.74) is 1.11. The zero-order chi connectivity index (χ0) is 9.10. The lowest BCUT2D eigenvalue weighted by Gasteiger charge is -2.27. The number of hydrogen-bond acceptors (Lipinski definition) is 3. The largest absolute Gasteiger partial charge is 0.305 e. The van der Waals surface area contributed by atoms with E-state index in [0.717, 1.165) is 18.8 Å². The Kier molecular flexibility index (Phi) is 2.78. The molecule has 0 radical (unpaired) electrons. The molecule has 70 valence electrons. The van der Waals surface area contributed by atoms with E-state index in [1.165, 1.54) is 0 Å². The first-order valence-electron chi connectivity index (χ1n) is 4.38. The van der Waals surface area contributed by atoms with Crippen LogP contribution >= 0.6 is 11.6 Å². The minimum atomic E-state index is 0.0416. The molecule has 0 saturated carbocycles. The molecule has 1 aromatic rings. The van der Waals surface area contributed by atoms with Gasteiger partial charge in [0.2, 0.25) is 0 Å². The molecule has 0 spiro atoms. The smallest absolute Gasteiger partial charge is 0.0952 e. The maximum atomic E-state index is 5.88. The minimum absolute atomic E-state index is 0.0416. The quantitative estimate of drug-likeness (QED) is 0.519. The zero-order valence-corrected chi connectivity index (χ0v) is 7.96. The van der Waals surface area contributed by atoms with Gasteiger partial charge in [0.15, 0.2) is 0 Å². The standard InChI is InChI=1S/C9H12ClN3/c10-9-6-12-8(5-13-9)7-3-1-2-4-11-7/h1-4,8-9,12-13H,5-6H2. The van der Waals surface area contributed by atoms with E-state index in [1.807, 2.05) is 24.4 Å². The summed E-state index contributed by atoms with van der Waals surface area (Å²) in [6.07, 6.45) is 1.81. The molecule has 2 unspecified atom stereocenters. The Bertz CT molecular complexity index is 257. The zero-order valence-electron chi connectivity index (χ0n) is 7.20. The average molecular weight is 198 g/mol. The molecule has 1 aliphatic heterocycles. The first-order chi connectivity index (χ1) is 6.36. The van der Waals surface area contributed by atoms with E-state index in [0.29, 0.717) is 0 Å². The summed E-state index contributed by atoms with van der Waals surface area (Å²) < 4.78 is 0. The van der Waals surface area contributed by atoms with Crippen molar-refractivity contribution in [2.75, 3.05) is 13.1 Å². The Morgan fingerprint density at radius 1 is 1.31 bits per heavy atom. The van der Waals surface area contributed by atoms with Crippen LogP contribution in [0, 0.1) is 0 Å². The van der Waals surface area contributed by atoms with Crippen molar-refractivity contribution in [2.24, 2.45) is 0 Å². The van der Waals surface area contributed by atoms with Gasteiger partial charge in [-0.25, -0.2) is 0 Å². The summed E-state index contributed by atoms with van der Waals surface area (Å²) in [5, 5.41) is 6.52. The SMILES string of the molecule is ClC1CNC(c2ccccn2)CN1. The molecule has 1 aromatic heterocycles. The fraction of sp³-hybridized carbons (Fsp3) is 0.444. The number of pyridine rings is 1. The fourth-order valence-electron chi connectivity index (χ4n) is 1.43. The van der Waals surface area contributed by atoms with Crippen LogP contribution in [0.15, 0.2) is 24.4 Å². The highest BCUT2D eigenvalue weighted by atomic mass is 35.5. The molecule has 2 N–H and O–H groups in total. The van der Waals surface area contributed by atoms with E-state index in [1.54, 1.807) is 0 Å². The molecule has 0 aromatic carbocycles. The number of hydrogen-bond donors (Lipinski definition) is 2. The normalized spacial score (nSPS) is 28.7. The van der Waals surface area contributed by atoms with Crippen molar-refractivity contribution in [3.63, 3.8) is 0 Å². The molecule has 2 rings (SSSR count). The number of nitrogens with zero attached hydrogens (tertiary/aromatic N) is 1. The number of piperazine rings is 1. The van der Waals surface area contributed by atoms with Crippen molar-refractivity contribution in [1.82, 2.24) is 15.6 Å². The van der Waals surface area contributed by atoms with Crippen molar-refractivity contribution in [2.45, 2.75) is 11.5 Å². The highest BCUT2D eigenvalue weighted by molar-refractivity contribution is 6.20. The van der Waals surface area contributed by atoms with Crippen molar-refractivity contribution in [1.29, 1.82) is 0 Å². The lowest BCUT2D eigenvalue weighted by Crippen LogP contribution is -2.47. The summed E-state index contributed by atoms with van der Waals surface area (Å²) in [5.74, 6) is 0. The Morgan fingerprint density at radius 2 is 2.23 bits per heavy atom. The molecule has 0 bridgehead atoms. The second-order valence-corrected chi connectivity index (χ2v) is 3.62. The fourth-order valence-corrected chi connectivity index (χ4v) is 1.61. The molecule has 3 nitrogen and oxygen atoms in total. The van der Waals surface area contributed by atoms with Gasteiger partial charge < -0.3 is 5.32 Å². The number of aromatic nitrogens is 1. The van der Waals surface area contributed by atoms with Crippen LogP contribution in [0.25, 0.3) is 0 Å². The van der Waals surface area contributed by atoms with Gasteiger partial charge in [-0.15, -0.1) is 11.6 Å². The van der Waals surface area contributed by atoms with E-state index in [-0.39, 0.29) is 11.5 Å². The van der Waals surface area contributed by atoms with E-state index in [4.69, 9.17) is 11.6 Å². The minimum Gasteiger partial charge on any atom is -0.305 e. The third-order valence-electron chi connectivity index (χ3n) is 2.13. The van der Waals surface area contributed by atoms with E-state index >= 15 is 0 Å². The van der Waals surface area contributed by atoms with Gasteiger partial charge in [0, 0.05) is 19.3 Å². The molecule has 4 heteroatoms. The predicted molar refractivity (Wildman–Crippen MR) is 52.6 cm³/mol. The first-order valence-corrected chi connectivity index (χ1v) is 4.81. The molecule has 2 atom stereocenters. The highest BCUT2D eigenvalue weighted by Gasteiger charge is 2.19. The molecule has 13 heavy (non-hydrogen) atoms. The number of nitrogens with one attached hydrogen (secondary N) is 2. The van der Waals surface area contributed by atoms with E-state index < -0.39 is 0 Å². The first kappa shape index (κ1) is 8.94. The van der Waals surface area contributed by atoms with Gasteiger partial charge in [0.1, 0.15) is 0 Å². The van der Waals surface area contributed by atoms with Crippen molar-refractivity contribution < 1.29 is 0 Å². The second-order valence-electron chi connectivity index (χ2n) is 3.09. The summed E-state index contributed by atoms with van der Waals surface area (Å²) in [7, 11) is 0. The van der Waals surface area contributed by atoms with Gasteiger partial charge in [0.25, 0.3) is 0 Å². The van der Waals surface area contributed by atoms with Crippen LogP contribution in [-0.4, -0.2) is 23.6 Å². The third kappa shape index (κ3) is 2.18. The lowest BCUT2D eigenvalue weighted by atomic mass is 10.1. The number of halogens is 1. The molecule has 0 aliphatic carbocycles. The maximum Gasteiger partial charge on any atom is 0.0952 e. The second kappa shape index (κ2) is 4.05. The molecular weight excluding hydrogens is 186 g/mol. The molecular formula is C9H12ClN3. The van der Waals surface area contributed by atoms with Crippen molar-refractivity contribution in [3.8, 4) is 0 Å². The molecule has 1 fully saturated rings. The third-order valence-corrected chi connectivity index (χ3v) is 2.44. The molecule has 0 amide bonds. The molecule has 2 heterocycles. The van der Waals surface area contributed by atoms with E-state index in [9.17, 15) is 0 Å². The predicted octanol–water partition coefficient (Wildman–Crippen LogP) is 0.880. The van der Waals surface area contributed by atoms with Crippen LogP contribution in [-0.2, 0) is 0 Å². The van der Waals surface area contributed by atoms with E-state index in [2.05, 4.69) is 15.6 Å². The Hall–Kier alpha value is -0.640. The van der Waals surface area contributed by atoms with Crippen LogP contribution in [0.4, 0.5) is 0 Å². The average Bonchev–Trinajstić information content (AvgIpc) is 2.20. The molecule has 1 aliphatic rings. The lowest BCUT2D eigenvalue weighted by molar-refractivity contribution is 0.401. The van der Waals surface area contributed by atoms with Crippen LogP contribution in [0.2, 0.25) is 0 Å². The Balaban J connectivity index is 2.03. The monoisotopic (exact) mass is 197 g/mol. The van der Waals surface area contributed by atoms with Crippen molar-refractivity contribution in [3.05, 3.63) is 30.1 Å². The summed E-state index contributed by atoms with van der Waals surface area (Å²) in [6, 6.07) is 6.23. The summed E-state index contributed by atoms with van der Waals surface area (Å²) >= 11 is 5.88. The van der Waals surface area contributed by atoms with Crippen molar-refractivity contribution >= 4 is 11.6 Å². The molecule has 1 saturated heterocycles. The van der Waals surface area contributed by atoms with Crippen LogP contribution < -0.4 is 10.6 Å². The topological polar surface area (TPSA) is 37.0 Å². The summed E-state index contributed by atoms with van der Waals surface area (Å²) in [4.78, 5) is 4.28. The Labute approximate surface area is 82.5 Å². The van der Waals surface area contributed by atoms with Gasteiger partial charge in [-0.3, -0.25) is 10.3 Å². The van der Waals surface area contributed by atoms with Gasteiger partial charge in [-0.05, 0) is 12.1 Å².